The Hall–Kier alpha value is -0.548. The summed E-state index contributed by atoms with van der Waals surface area (Å²) in [4.78, 5) is 0. The first-order chi connectivity index (χ1) is 7.45. The number of benzene rings is 2. The topological polar surface area (TPSA) is 0 Å². The van der Waals surface area contributed by atoms with Gasteiger partial charge in [0.15, 0.2) is 0 Å². The van der Waals surface area contributed by atoms with Crippen molar-refractivity contribution in [3.8, 4) is 0 Å². The average molecular weight is 290 g/mol. The van der Waals surface area contributed by atoms with E-state index < -0.39 is 0 Å². The Morgan fingerprint density at radius 3 is 1.38 bits per heavy atom. The lowest BCUT2D eigenvalue weighted by molar-refractivity contribution is 1.30. The van der Waals surface area contributed by atoms with Gasteiger partial charge >= 0.3 is 0 Å². The van der Waals surface area contributed by atoms with E-state index in [4.69, 9.17) is 0 Å². The first-order valence-electron chi connectivity index (χ1n) is 5.34. The lowest BCUT2D eigenvalue weighted by Gasteiger charge is -2.00. The quantitative estimate of drug-likeness (QED) is 0.754. The molecule has 1 radical (unpaired) electrons. The molecule has 2 aromatic carbocycles. The van der Waals surface area contributed by atoms with Crippen molar-refractivity contribution in [2.45, 2.75) is 10.6 Å². The standard InChI is InChI=1S/2C7H7.Al.BrH/c2*1-7-5-3-2-4-6-7;;/h2*2-6H,1H2;;1H. The zero-order valence-corrected chi connectivity index (χ0v) is 12.0. The number of rotatable bonds is 4. The highest BCUT2D eigenvalue weighted by Gasteiger charge is 1.96. The summed E-state index contributed by atoms with van der Waals surface area (Å²) in [6.07, 6.45) is 0. The van der Waals surface area contributed by atoms with Crippen molar-refractivity contribution >= 4 is 32.2 Å². The van der Waals surface area contributed by atoms with E-state index >= 15 is 0 Å². The zero-order chi connectivity index (χ0) is 10.3. The second-order valence-electron chi connectivity index (χ2n) is 3.67. The molecule has 0 amide bonds. The molecule has 16 heavy (non-hydrogen) atoms. The van der Waals surface area contributed by atoms with Gasteiger partial charge in [-0.3, -0.25) is 0 Å². The van der Waals surface area contributed by atoms with Crippen molar-refractivity contribution in [1.29, 1.82) is 0 Å². The van der Waals surface area contributed by atoms with E-state index in [-0.39, 0.29) is 17.0 Å². The van der Waals surface area contributed by atoms with Crippen LogP contribution in [0.5, 0.6) is 0 Å². The Labute approximate surface area is 114 Å². The summed E-state index contributed by atoms with van der Waals surface area (Å²) in [6.45, 7) is 0. The summed E-state index contributed by atoms with van der Waals surface area (Å²) in [5, 5.41) is 2.52. The molecule has 0 fully saturated rings. The van der Waals surface area contributed by atoms with Crippen molar-refractivity contribution in [2.24, 2.45) is 0 Å². The molecule has 2 rings (SSSR count). The van der Waals surface area contributed by atoms with Gasteiger partial charge in [0.25, 0.3) is 0 Å². The van der Waals surface area contributed by atoms with E-state index in [1.807, 2.05) is 0 Å². The summed E-state index contributed by atoms with van der Waals surface area (Å²) >= 11 is 0.501. The second kappa shape index (κ2) is 7.68. The van der Waals surface area contributed by atoms with Crippen molar-refractivity contribution in [3.63, 3.8) is 0 Å². The molecule has 0 unspecified atom stereocenters. The van der Waals surface area contributed by atoms with Crippen LogP contribution in [-0.2, 0) is 10.6 Å². The molecule has 0 N–H and O–H groups in total. The second-order valence-corrected chi connectivity index (χ2v) is 5.06. The molecule has 2 heteroatoms. The van der Waals surface area contributed by atoms with Gasteiger partial charge in [0.2, 0.25) is 15.2 Å². The number of hydrogen-bond donors (Lipinski definition) is 0. The average Bonchev–Trinajstić information content (AvgIpc) is 2.32. The molecule has 0 saturated carbocycles. The molecule has 81 valence electrons. The highest BCUT2D eigenvalue weighted by Crippen LogP contribution is 2.02. The third kappa shape index (κ3) is 4.53. The molecule has 2 aromatic rings. The van der Waals surface area contributed by atoms with Crippen LogP contribution >= 0.6 is 17.0 Å². The fourth-order valence-corrected chi connectivity index (χ4v) is 2.99. The molecule has 0 atom stereocenters. The molecule has 0 aliphatic rings. The SMILES string of the molecule is Br.c1ccc([CH2][Al][CH2]c2ccccc2)cc1. The van der Waals surface area contributed by atoms with Crippen LogP contribution in [0.1, 0.15) is 11.1 Å². The molecule has 0 nitrogen and oxygen atoms in total. The Balaban J connectivity index is 0.00000128. The molecule has 0 heterocycles. The third-order valence-corrected chi connectivity index (χ3v) is 3.97. The van der Waals surface area contributed by atoms with E-state index in [2.05, 4.69) is 60.7 Å². The van der Waals surface area contributed by atoms with Crippen LogP contribution in [0.15, 0.2) is 60.7 Å². The van der Waals surface area contributed by atoms with Crippen LogP contribution < -0.4 is 0 Å². The van der Waals surface area contributed by atoms with Gasteiger partial charge in [0.05, 0.1) is 0 Å². The first-order valence-corrected chi connectivity index (χ1v) is 6.98. The van der Waals surface area contributed by atoms with Gasteiger partial charge in [-0.1, -0.05) is 82.4 Å². The first kappa shape index (κ1) is 13.5. The van der Waals surface area contributed by atoms with Crippen LogP contribution in [0, 0.1) is 0 Å². The highest BCUT2D eigenvalue weighted by atomic mass is 79.9. The minimum Gasteiger partial charge on any atom is -0.114 e. The molecule has 0 aliphatic carbocycles. The van der Waals surface area contributed by atoms with Crippen LogP contribution in [0.25, 0.3) is 0 Å². The minimum atomic E-state index is 0. The molecule has 0 saturated heterocycles. The summed E-state index contributed by atoms with van der Waals surface area (Å²) in [7, 11) is 0. The van der Waals surface area contributed by atoms with Gasteiger partial charge in [-0.05, 0) is 0 Å². The molecule has 0 aliphatic heterocycles. The lowest BCUT2D eigenvalue weighted by atomic mass is 10.2. The summed E-state index contributed by atoms with van der Waals surface area (Å²) in [5.41, 5.74) is 2.95. The van der Waals surface area contributed by atoms with Crippen molar-refractivity contribution < 1.29 is 0 Å². The molecular weight excluding hydrogens is 275 g/mol. The van der Waals surface area contributed by atoms with Gasteiger partial charge in [-0.15, -0.1) is 17.0 Å². The molecular formula is C14H15AlBr. The maximum absolute atomic E-state index is 2.22. The van der Waals surface area contributed by atoms with E-state index in [1.165, 1.54) is 21.7 Å². The summed E-state index contributed by atoms with van der Waals surface area (Å²) < 4.78 is 0. The van der Waals surface area contributed by atoms with Crippen LogP contribution in [0.2, 0.25) is 0 Å². The van der Waals surface area contributed by atoms with Crippen molar-refractivity contribution in [2.75, 3.05) is 0 Å². The van der Waals surface area contributed by atoms with Crippen LogP contribution in [0.4, 0.5) is 0 Å². The van der Waals surface area contributed by atoms with E-state index in [9.17, 15) is 0 Å². The van der Waals surface area contributed by atoms with Gasteiger partial charge in [-0.25, -0.2) is 0 Å². The predicted molar refractivity (Wildman–Crippen MR) is 76.4 cm³/mol. The van der Waals surface area contributed by atoms with Gasteiger partial charge in [0, 0.05) is 0 Å². The lowest BCUT2D eigenvalue weighted by Crippen LogP contribution is -2.01. The fraction of sp³-hybridized carbons (Fsp3) is 0.143. The smallest absolute Gasteiger partial charge is 0.114 e. The summed E-state index contributed by atoms with van der Waals surface area (Å²) in [6, 6.07) is 21.5. The number of halogens is 1. The fourth-order valence-electron chi connectivity index (χ4n) is 1.63. The largest absolute Gasteiger partial charge is 0.214 e. The van der Waals surface area contributed by atoms with E-state index in [1.54, 1.807) is 0 Å². The Bertz CT molecular complexity index is 346. The molecule has 0 aromatic heterocycles. The zero-order valence-electron chi connectivity index (χ0n) is 9.17. The van der Waals surface area contributed by atoms with E-state index in [0.29, 0.717) is 15.2 Å². The predicted octanol–water partition coefficient (Wildman–Crippen LogP) is 3.67. The van der Waals surface area contributed by atoms with Crippen molar-refractivity contribution in [1.82, 2.24) is 0 Å². The normalized spacial score (nSPS) is 9.25. The Kier molecular flexibility index (Phi) is 6.49. The van der Waals surface area contributed by atoms with Gasteiger partial charge in [-0.2, -0.15) is 0 Å². The van der Waals surface area contributed by atoms with Crippen LogP contribution in [-0.4, -0.2) is 15.2 Å². The van der Waals surface area contributed by atoms with Crippen LogP contribution in [0.3, 0.4) is 0 Å². The van der Waals surface area contributed by atoms with Gasteiger partial charge in [0.1, 0.15) is 0 Å². The van der Waals surface area contributed by atoms with E-state index in [0.717, 1.165) is 0 Å². The number of hydrogen-bond acceptors (Lipinski definition) is 0. The highest BCUT2D eigenvalue weighted by molar-refractivity contribution is 8.93. The van der Waals surface area contributed by atoms with Gasteiger partial charge < -0.3 is 0 Å². The minimum absolute atomic E-state index is 0. The monoisotopic (exact) mass is 289 g/mol. The molecule has 0 bridgehead atoms. The maximum atomic E-state index is 2.22. The Morgan fingerprint density at radius 1 is 0.625 bits per heavy atom. The molecule has 0 spiro atoms. The summed E-state index contributed by atoms with van der Waals surface area (Å²) in [5.74, 6) is 0. The Morgan fingerprint density at radius 2 is 1.00 bits per heavy atom. The van der Waals surface area contributed by atoms with Crippen molar-refractivity contribution in [3.05, 3.63) is 71.8 Å². The third-order valence-electron chi connectivity index (χ3n) is 2.45. The maximum Gasteiger partial charge on any atom is 0.214 e.